The van der Waals surface area contributed by atoms with E-state index in [0.29, 0.717) is 24.1 Å². The molecule has 8 nitrogen and oxygen atoms in total. The molecule has 0 saturated heterocycles. The maximum absolute atomic E-state index is 12.0. The molecule has 0 aliphatic rings. The molecule has 2 aromatic carbocycles. The zero-order valence-electron chi connectivity index (χ0n) is 16.3. The molecule has 1 aromatic heterocycles. The molecule has 0 spiro atoms. The predicted octanol–water partition coefficient (Wildman–Crippen LogP) is 3.77. The molecule has 0 aliphatic heterocycles. The van der Waals surface area contributed by atoms with Crippen LogP contribution in [-0.4, -0.2) is 48.2 Å². The van der Waals surface area contributed by atoms with Crippen molar-refractivity contribution in [3.63, 3.8) is 0 Å². The van der Waals surface area contributed by atoms with Crippen LogP contribution >= 0.6 is 0 Å². The molecule has 0 aliphatic carbocycles. The van der Waals surface area contributed by atoms with Crippen LogP contribution in [0.25, 0.3) is 0 Å². The smallest absolute Gasteiger partial charge is 0.418 e. The van der Waals surface area contributed by atoms with Crippen LogP contribution in [0.15, 0.2) is 66.9 Å². The molecule has 3 aromatic rings. The van der Waals surface area contributed by atoms with Crippen molar-refractivity contribution in [1.29, 1.82) is 0 Å². The molecule has 1 amide bonds. The third-order valence-corrected chi connectivity index (χ3v) is 3.76. The topological polar surface area (TPSA) is 88.6 Å². The highest BCUT2D eigenvalue weighted by molar-refractivity contribution is 5.85. The summed E-state index contributed by atoms with van der Waals surface area (Å²) < 4.78 is 10.9. The van der Waals surface area contributed by atoms with Gasteiger partial charge in [0, 0.05) is 18.4 Å². The van der Waals surface area contributed by atoms with Gasteiger partial charge >= 0.3 is 6.09 Å². The van der Waals surface area contributed by atoms with Gasteiger partial charge in [0.1, 0.15) is 23.9 Å². The van der Waals surface area contributed by atoms with Crippen LogP contribution < -0.4 is 20.1 Å². The van der Waals surface area contributed by atoms with Crippen molar-refractivity contribution in [3.05, 3.63) is 66.9 Å². The van der Waals surface area contributed by atoms with Crippen molar-refractivity contribution in [3.8, 4) is 11.5 Å². The van der Waals surface area contributed by atoms with E-state index in [2.05, 4.69) is 25.5 Å². The summed E-state index contributed by atoms with van der Waals surface area (Å²) in [6, 6.07) is 17.9. The molecule has 0 bridgehead atoms. The Hall–Kier alpha value is -3.65. The number of carbonyl (C=O) groups is 1. The lowest BCUT2D eigenvalue weighted by atomic mass is 10.3. The minimum atomic E-state index is -0.625. The molecule has 1 heterocycles. The van der Waals surface area contributed by atoms with Gasteiger partial charge in [-0.2, -0.15) is 4.98 Å². The first kappa shape index (κ1) is 20.1. The fraction of sp³-hybridized carbons (Fsp3) is 0.190. The molecule has 2 N–H and O–H groups in total. The second kappa shape index (κ2) is 10.0. The van der Waals surface area contributed by atoms with Gasteiger partial charge in [0.05, 0.1) is 0 Å². The van der Waals surface area contributed by atoms with Crippen molar-refractivity contribution >= 4 is 23.5 Å². The Morgan fingerprint density at radius 1 is 1.00 bits per heavy atom. The summed E-state index contributed by atoms with van der Waals surface area (Å²) in [4.78, 5) is 22.5. The highest BCUT2D eigenvalue weighted by atomic mass is 16.6. The zero-order chi connectivity index (χ0) is 20.5. The summed E-state index contributed by atoms with van der Waals surface area (Å²) >= 11 is 0. The van der Waals surface area contributed by atoms with Crippen molar-refractivity contribution < 1.29 is 14.3 Å². The first-order valence-corrected chi connectivity index (χ1v) is 9.10. The van der Waals surface area contributed by atoms with Gasteiger partial charge in [-0.25, -0.2) is 9.78 Å². The quantitative estimate of drug-likeness (QED) is 0.602. The van der Waals surface area contributed by atoms with Crippen LogP contribution in [0.2, 0.25) is 0 Å². The summed E-state index contributed by atoms with van der Waals surface area (Å²) in [7, 11) is 4.00. The number of ether oxygens (including phenoxy) is 2. The molecular formula is C21H23N5O3. The van der Waals surface area contributed by atoms with Gasteiger partial charge in [0.15, 0.2) is 0 Å². The normalized spacial score (nSPS) is 10.4. The molecule has 3 rings (SSSR count). The summed E-state index contributed by atoms with van der Waals surface area (Å²) in [5, 5.41) is 5.67. The number of para-hydroxylation sites is 1. The number of nitrogens with zero attached hydrogens (tertiary/aromatic N) is 3. The largest absolute Gasteiger partial charge is 0.492 e. The predicted molar refractivity (Wildman–Crippen MR) is 112 cm³/mol. The molecule has 8 heteroatoms. The number of benzene rings is 2. The molecule has 29 heavy (non-hydrogen) atoms. The van der Waals surface area contributed by atoms with E-state index in [1.807, 2.05) is 44.4 Å². The zero-order valence-corrected chi connectivity index (χ0v) is 16.3. The van der Waals surface area contributed by atoms with E-state index >= 15 is 0 Å². The number of nitrogens with one attached hydrogen (secondary N) is 2. The monoisotopic (exact) mass is 393 g/mol. The molecule has 150 valence electrons. The van der Waals surface area contributed by atoms with Crippen molar-refractivity contribution in [1.82, 2.24) is 14.9 Å². The lowest BCUT2D eigenvalue weighted by Gasteiger charge is -2.11. The van der Waals surface area contributed by atoms with Gasteiger partial charge in [-0.15, -0.1) is 0 Å². The molecule has 0 saturated carbocycles. The van der Waals surface area contributed by atoms with E-state index in [0.717, 1.165) is 18.0 Å². The van der Waals surface area contributed by atoms with E-state index in [1.165, 1.54) is 0 Å². The minimum Gasteiger partial charge on any atom is -0.492 e. The molecular weight excluding hydrogens is 370 g/mol. The Labute approximate surface area is 169 Å². The van der Waals surface area contributed by atoms with Crippen LogP contribution in [0.4, 0.5) is 22.2 Å². The Kier molecular flexibility index (Phi) is 6.96. The Balaban J connectivity index is 1.54. The molecule has 0 fully saturated rings. The average Bonchev–Trinajstić information content (AvgIpc) is 2.70. The first-order valence-electron chi connectivity index (χ1n) is 9.10. The number of rotatable bonds is 8. The maximum Gasteiger partial charge on any atom is 0.418 e. The van der Waals surface area contributed by atoms with Crippen LogP contribution in [0.3, 0.4) is 0 Å². The minimum absolute atomic E-state index is 0.326. The summed E-state index contributed by atoms with van der Waals surface area (Å²) in [6.45, 7) is 1.47. The van der Waals surface area contributed by atoms with Crippen molar-refractivity contribution in [2.24, 2.45) is 0 Å². The number of anilines is 3. The molecule has 0 radical (unpaired) electrons. The number of aromatic nitrogens is 2. The van der Waals surface area contributed by atoms with Gasteiger partial charge in [0.25, 0.3) is 0 Å². The van der Waals surface area contributed by atoms with E-state index in [4.69, 9.17) is 9.47 Å². The standard InChI is InChI=1S/C21H23N5O3/c1-26(2)14-15-28-17-10-8-16(9-11-17)23-20-22-13-12-19(24-20)25-21(27)29-18-6-4-3-5-7-18/h3-13H,14-15H2,1-2H3,(H2,22,23,24,25,27). The van der Waals surface area contributed by atoms with Gasteiger partial charge < -0.3 is 19.7 Å². The summed E-state index contributed by atoms with van der Waals surface area (Å²) in [5.41, 5.74) is 0.800. The SMILES string of the molecule is CN(C)CCOc1ccc(Nc2nccc(NC(=O)Oc3ccccc3)n2)cc1. The highest BCUT2D eigenvalue weighted by Crippen LogP contribution is 2.19. The first-order chi connectivity index (χ1) is 14.1. The van der Waals surface area contributed by atoms with Crippen molar-refractivity contribution in [2.75, 3.05) is 37.9 Å². The number of amides is 1. The number of hydrogen-bond donors (Lipinski definition) is 2. The van der Waals surface area contributed by atoms with E-state index in [9.17, 15) is 4.79 Å². The summed E-state index contributed by atoms with van der Waals surface area (Å²) in [6.07, 6.45) is 0.923. The Morgan fingerprint density at radius 2 is 1.76 bits per heavy atom. The van der Waals surface area contributed by atoms with Gasteiger partial charge in [0.2, 0.25) is 5.95 Å². The third-order valence-electron chi connectivity index (χ3n) is 3.76. The second-order valence-electron chi connectivity index (χ2n) is 6.39. The third kappa shape index (κ3) is 6.78. The highest BCUT2D eigenvalue weighted by Gasteiger charge is 2.07. The number of likely N-dealkylation sites (N-methyl/N-ethyl adjacent to an activating group) is 1. The fourth-order valence-electron chi connectivity index (χ4n) is 2.32. The lowest BCUT2D eigenvalue weighted by Crippen LogP contribution is -2.19. The fourth-order valence-corrected chi connectivity index (χ4v) is 2.32. The van der Waals surface area contributed by atoms with E-state index in [-0.39, 0.29) is 0 Å². The van der Waals surface area contributed by atoms with E-state index < -0.39 is 6.09 Å². The lowest BCUT2D eigenvalue weighted by molar-refractivity contribution is 0.215. The second-order valence-corrected chi connectivity index (χ2v) is 6.39. The Morgan fingerprint density at radius 3 is 2.48 bits per heavy atom. The van der Waals surface area contributed by atoms with Gasteiger partial charge in [-0.05, 0) is 56.6 Å². The molecule has 0 atom stereocenters. The number of hydrogen-bond acceptors (Lipinski definition) is 7. The molecule has 0 unspecified atom stereocenters. The van der Waals surface area contributed by atoms with Gasteiger partial charge in [-0.1, -0.05) is 18.2 Å². The van der Waals surface area contributed by atoms with Crippen LogP contribution in [0.5, 0.6) is 11.5 Å². The van der Waals surface area contributed by atoms with Crippen molar-refractivity contribution in [2.45, 2.75) is 0 Å². The van der Waals surface area contributed by atoms with Crippen LogP contribution in [0, 0.1) is 0 Å². The average molecular weight is 393 g/mol. The van der Waals surface area contributed by atoms with Crippen LogP contribution in [0.1, 0.15) is 0 Å². The Bertz CT molecular complexity index is 917. The summed E-state index contributed by atoms with van der Waals surface area (Å²) in [5.74, 6) is 1.92. The van der Waals surface area contributed by atoms with E-state index in [1.54, 1.807) is 36.5 Å². The number of carbonyl (C=O) groups excluding carboxylic acids is 1. The van der Waals surface area contributed by atoms with Gasteiger partial charge in [-0.3, -0.25) is 5.32 Å². The maximum atomic E-state index is 12.0. The van der Waals surface area contributed by atoms with Crippen LogP contribution in [-0.2, 0) is 0 Å².